The van der Waals surface area contributed by atoms with Crippen LogP contribution in [0, 0.1) is 5.92 Å². The number of halogens is 1. The van der Waals surface area contributed by atoms with Gasteiger partial charge in [-0.25, -0.2) is 0 Å². The molecule has 0 bridgehead atoms. The highest BCUT2D eigenvalue weighted by molar-refractivity contribution is 9.10. The molecule has 0 aliphatic heterocycles. The van der Waals surface area contributed by atoms with Gasteiger partial charge in [0.25, 0.3) is 0 Å². The molecule has 0 aromatic carbocycles. The molecule has 1 N–H and O–H groups in total. The number of rotatable bonds is 5. The molecule has 0 aromatic rings. The molecule has 0 spiro atoms. The van der Waals surface area contributed by atoms with Crippen LogP contribution in [0.2, 0.25) is 0 Å². The topological polar surface area (TPSA) is 32.3 Å². The van der Waals surface area contributed by atoms with Gasteiger partial charge in [-0.3, -0.25) is 4.79 Å². The predicted molar refractivity (Wildman–Crippen MR) is 59.1 cm³/mol. The first-order valence-electron chi connectivity index (χ1n) is 4.54. The van der Waals surface area contributed by atoms with Crippen molar-refractivity contribution in [1.82, 2.24) is 10.2 Å². The Labute approximate surface area is 89.0 Å². The summed E-state index contributed by atoms with van der Waals surface area (Å²) in [6.45, 7) is 5.65. The Morgan fingerprint density at radius 1 is 1.54 bits per heavy atom. The molecular weight excluding hydrogens is 232 g/mol. The minimum atomic E-state index is -0.0608. The van der Waals surface area contributed by atoms with E-state index in [4.69, 9.17) is 0 Å². The zero-order chi connectivity index (χ0) is 10.4. The second-order valence-corrected chi connectivity index (χ2v) is 4.50. The minimum Gasteiger partial charge on any atom is -0.344 e. The van der Waals surface area contributed by atoms with E-state index in [2.05, 4.69) is 21.2 Å². The smallest absolute Gasteiger partial charge is 0.236 e. The predicted octanol–water partition coefficient (Wildman–Crippen LogP) is 1.08. The standard InChI is InChI=1S/C9H19BrN2O/c1-7(2)8(10)9(13)12(4)6-5-11-3/h7-8,11H,5-6H2,1-4H3. The van der Waals surface area contributed by atoms with Crippen molar-refractivity contribution in [3.63, 3.8) is 0 Å². The molecule has 1 atom stereocenters. The largest absolute Gasteiger partial charge is 0.344 e. The molecule has 0 aliphatic rings. The van der Waals surface area contributed by atoms with Crippen molar-refractivity contribution in [2.24, 2.45) is 5.92 Å². The van der Waals surface area contributed by atoms with Crippen LogP contribution < -0.4 is 5.32 Å². The van der Waals surface area contributed by atoms with E-state index in [1.807, 2.05) is 27.9 Å². The summed E-state index contributed by atoms with van der Waals surface area (Å²) in [6, 6.07) is 0. The number of carbonyl (C=O) groups excluding carboxylic acids is 1. The molecule has 0 fully saturated rings. The first-order valence-corrected chi connectivity index (χ1v) is 5.46. The maximum absolute atomic E-state index is 11.6. The lowest BCUT2D eigenvalue weighted by Crippen LogP contribution is -2.39. The van der Waals surface area contributed by atoms with E-state index in [1.54, 1.807) is 4.90 Å². The lowest BCUT2D eigenvalue weighted by molar-refractivity contribution is -0.129. The highest BCUT2D eigenvalue weighted by Gasteiger charge is 2.21. The SMILES string of the molecule is CNCCN(C)C(=O)C(Br)C(C)C. The number of nitrogens with zero attached hydrogens (tertiary/aromatic N) is 1. The molecule has 1 amide bonds. The Morgan fingerprint density at radius 3 is 2.46 bits per heavy atom. The van der Waals surface area contributed by atoms with Gasteiger partial charge in [0.05, 0.1) is 4.83 Å². The zero-order valence-electron chi connectivity index (χ0n) is 8.80. The summed E-state index contributed by atoms with van der Waals surface area (Å²) in [5.74, 6) is 0.495. The van der Waals surface area contributed by atoms with Crippen molar-refractivity contribution in [2.75, 3.05) is 27.2 Å². The first kappa shape index (κ1) is 12.9. The number of likely N-dealkylation sites (N-methyl/N-ethyl adjacent to an activating group) is 2. The van der Waals surface area contributed by atoms with E-state index >= 15 is 0 Å². The third kappa shape index (κ3) is 4.62. The van der Waals surface area contributed by atoms with Gasteiger partial charge in [-0.15, -0.1) is 0 Å². The number of hydrogen-bond acceptors (Lipinski definition) is 2. The Bertz CT molecular complexity index is 162. The summed E-state index contributed by atoms with van der Waals surface area (Å²) >= 11 is 3.39. The van der Waals surface area contributed by atoms with Crippen LogP contribution in [0.1, 0.15) is 13.8 Å². The van der Waals surface area contributed by atoms with E-state index in [1.165, 1.54) is 0 Å². The quantitative estimate of drug-likeness (QED) is 0.742. The second kappa shape index (κ2) is 6.38. The Morgan fingerprint density at radius 2 is 2.08 bits per heavy atom. The molecule has 3 nitrogen and oxygen atoms in total. The van der Waals surface area contributed by atoms with Crippen LogP contribution >= 0.6 is 15.9 Å². The van der Waals surface area contributed by atoms with Gasteiger partial charge in [0, 0.05) is 20.1 Å². The molecule has 0 heterocycles. The molecule has 1 unspecified atom stereocenters. The number of alkyl halides is 1. The fourth-order valence-electron chi connectivity index (χ4n) is 0.885. The van der Waals surface area contributed by atoms with Crippen molar-refractivity contribution < 1.29 is 4.79 Å². The van der Waals surface area contributed by atoms with Gasteiger partial charge in [-0.2, -0.15) is 0 Å². The number of amides is 1. The second-order valence-electron chi connectivity index (χ2n) is 3.51. The van der Waals surface area contributed by atoms with Crippen molar-refractivity contribution >= 4 is 21.8 Å². The van der Waals surface area contributed by atoms with Crippen LogP contribution in [0.3, 0.4) is 0 Å². The summed E-state index contributed by atoms with van der Waals surface area (Å²) < 4.78 is 0. The minimum absolute atomic E-state index is 0.0608. The molecule has 0 saturated carbocycles. The summed E-state index contributed by atoms with van der Waals surface area (Å²) in [6.07, 6.45) is 0. The molecule has 0 rings (SSSR count). The number of hydrogen-bond donors (Lipinski definition) is 1. The average molecular weight is 251 g/mol. The average Bonchev–Trinajstić information content (AvgIpc) is 2.11. The van der Waals surface area contributed by atoms with Gasteiger partial charge < -0.3 is 10.2 Å². The molecule has 0 saturated heterocycles. The van der Waals surface area contributed by atoms with Crippen LogP contribution in [0.5, 0.6) is 0 Å². The van der Waals surface area contributed by atoms with Gasteiger partial charge in [0.15, 0.2) is 0 Å². The van der Waals surface area contributed by atoms with E-state index in [0.29, 0.717) is 5.92 Å². The monoisotopic (exact) mass is 250 g/mol. The number of carbonyl (C=O) groups is 1. The van der Waals surface area contributed by atoms with Crippen LogP contribution in [0.25, 0.3) is 0 Å². The molecule has 0 aromatic heterocycles. The first-order chi connectivity index (χ1) is 6.00. The molecule has 13 heavy (non-hydrogen) atoms. The Kier molecular flexibility index (Phi) is 6.33. The normalized spacial score (nSPS) is 13.1. The van der Waals surface area contributed by atoms with E-state index < -0.39 is 0 Å². The lowest BCUT2D eigenvalue weighted by atomic mass is 10.1. The van der Waals surface area contributed by atoms with Crippen molar-refractivity contribution in [1.29, 1.82) is 0 Å². The van der Waals surface area contributed by atoms with Gasteiger partial charge >= 0.3 is 0 Å². The maximum Gasteiger partial charge on any atom is 0.236 e. The molecule has 78 valence electrons. The Hall–Kier alpha value is -0.0900. The summed E-state index contributed by atoms with van der Waals surface area (Å²) in [4.78, 5) is 13.3. The van der Waals surface area contributed by atoms with Crippen LogP contribution in [-0.4, -0.2) is 42.8 Å². The van der Waals surface area contributed by atoms with E-state index in [0.717, 1.165) is 13.1 Å². The van der Waals surface area contributed by atoms with Gasteiger partial charge in [-0.1, -0.05) is 29.8 Å². The van der Waals surface area contributed by atoms with Gasteiger partial charge in [-0.05, 0) is 13.0 Å². The van der Waals surface area contributed by atoms with Crippen molar-refractivity contribution in [2.45, 2.75) is 18.7 Å². The van der Waals surface area contributed by atoms with Gasteiger partial charge in [0.2, 0.25) is 5.91 Å². The molecular formula is C9H19BrN2O. The highest BCUT2D eigenvalue weighted by Crippen LogP contribution is 2.13. The lowest BCUT2D eigenvalue weighted by Gasteiger charge is -2.22. The van der Waals surface area contributed by atoms with E-state index in [9.17, 15) is 4.79 Å². The van der Waals surface area contributed by atoms with Crippen molar-refractivity contribution in [3.05, 3.63) is 0 Å². The van der Waals surface area contributed by atoms with Crippen LogP contribution in [-0.2, 0) is 4.79 Å². The van der Waals surface area contributed by atoms with Gasteiger partial charge in [0.1, 0.15) is 0 Å². The zero-order valence-corrected chi connectivity index (χ0v) is 10.4. The fourth-order valence-corrected chi connectivity index (χ4v) is 1.23. The maximum atomic E-state index is 11.6. The molecule has 0 aliphatic carbocycles. The summed E-state index contributed by atoms with van der Waals surface area (Å²) in [7, 11) is 3.71. The molecule has 4 heteroatoms. The number of nitrogens with one attached hydrogen (secondary N) is 1. The van der Waals surface area contributed by atoms with E-state index in [-0.39, 0.29) is 10.7 Å². The van der Waals surface area contributed by atoms with Crippen LogP contribution in [0.4, 0.5) is 0 Å². The third-order valence-electron chi connectivity index (χ3n) is 1.89. The fraction of sp³-hybridized carbons (Fsp3) is 0.889. The Balaban J connectivity index is 3.94. The highest BCUT2D eigenvalue weighted by atomic mass is 79.9. The summed E-state index contributed by atoms with van der Waals surface area (Å²) in [5, 5.41) is 3.01. The third-order valence-corrected chi connectivity index (χ3v) is 3.34. The van der Waals surface area contributed by atoms with Crippen LogP contribution in [0.15, 0.2) is 0 Å². The summed E-state index contributed by atoms with van der Waals surface area (Å²) in [5.41, 5.74) is 0. The molecule has 0 radical (unpaired) electrons. The van der Waals surface area contributed by atoms with Crippen molar-refractivity contribution in [3.8, 4) is 0 Å².